The number of imidazole rings is 1. The van der Waals surface area contributed by atoms with Crippen molar-refractivity contribution in [2.45, 2.75) is 51.0 Å². The number of aliphatic imine (C=N–C) groups is 1. The van der Waals surface area contributed by atoms with Crippen LogP contribution in [0.1, 0.15) is 39.4 Å². The molecule has 144 valence electrons. The first-order valence-electron chi connectivity index (χ1n) is 8.60. The van der Waals surface area contributed by atoms with Crippen LogP contribution in [0.5, 0.6) is 5.75 Å². The molecule has 2 unspecified atom stereocenters. The zero-order valence-corrected chi connectivity index (χ0v) is 15.4. The maximum absolute atomic E-state index is 11.5. The molecule has 0 saturated carbocycles. The van der Waals surface area contributed by atoms with E-state index in [0.717, 1.165) is 4.90 Å². The van der Waals surface area contributed by atoms with Crippen LogP contribution >= 0.6 is 0 Å². The maximum Gasteiger partial charge on any atom is 0.409 e. The molecule has 1 saturated heterocycles. The lowest BCUT2D eigenvalue weighted by molar-refractivity contribution is -0.171. The van der Waals surface area contributed by atoms with Gasteiger partial charge in [0.25, 0.3) is 0 Å². The monoisotopic (exact) mass is 374 g/mol. The highest BCUT2D eigenvalue weighted by atomic mass is 16.5. The molecule has 0 radical (unpaired) electrons. The van der Waals surface area contributed by atoms with Crippen molar-refractivity contribution in [3.63, 3.8) is 0 Å². The molecule has 3 N–H and O–H groups in total. The van der Waals surface area contributed by atoms with Crippen LogP contribution in [0.3, 0.4) is 0 Å². The second-order valence-corrected chi connectivity index (χ2v) is 7.60. The number of hydrogen-bond donors (Lipinski definition) is 3. The lowest BCUT2D eigenvalue weighted by Gasteiger charge is -2.45. The second-order valence-electron chi connectivity index (χ2n) is 7.60. The summed E-state index contributed by atoms with van der Waals surface area (Å²) in [6, 6.07) is 5.02. The van der Waals surface area contributed by atoms with E-state index >= 15 is 0 Å². The normalized spacial score (nSPS) is 23.2. The molecule has 9 heteroatoms. The summed E-state index contributed by atoms with van der Waals surface area (Å²) >= 11 is 0. The van der Waals surface area contributed by atoms with Crippen LogP contribution in [0.4, 0.5) is 4.79 Å². The predicted octanol–water partition coefficient (Wildman–Crippen LogP) is 2.71. The number of aromatic hydroxyl groups is 1. The zero-order valence-electron chi connectivity index (χ0n) is 15.4. The van der Waals surface area contributed by atoms with Gasteiger partial charge in [-0.1, -0.05) is 6.07 Å². The van der Waals surface area contributed by atoms with E-state index in [1.807, 2.05) is 20.8 Å². The summed E-state index contributed by atoms with van der Waals surface area (Å²) in [4.78, 5) is 34.8. The first kappa shape index (κ1) is 18.9. The van der Waals surface area contributed by atoms with E-state index in [4.69, 9.17) is 4.74 Å². The van der Waals surface area contributed by atoms with Crippen LogP contribution < -0.4 is 0 Å². The number of phenolic OH excluding ortho intramolecular Hbond substituents is 1. The van der Waals surface area contributed by atoms with E-state index in [2.05, 4.69) is 15.0 Å². The van der Waals surface area contributed by atoms with Gasteiger partial charge in [0.2, 0.25) is 6.08 Å². The lowest BCUT2D eigenvalue weighted by Crippen LogP contribution is -2.53. The van der Waals surface area contributed by atoms with E-state index in [-0.39, 0.29) is 18.7 Å². The van der Waals surface area contributed by atoms with Gasteiger partial charge in [-0.2, -0.15) is 4.99 Å². The Kier molecular flexibility index (Phi) is 4.67. The summed E-state index contributed by atoms with van der Waals surface area (Å²) in [6.07, 6.45) is -0.215. The molecule has 3 rings (SSSR count). The Morgan fingerprint density at radius 3 is 2.81 bits per heavy atom. The van der Waals surface area contributed by atoms with Crippen LogP contribution in [0.2, 0.25) is 0 Å². The predicted molar refractivity (Wildman–Crippen MR) is 96.1 cm³/mol. The van der Waals surface area contributed by atoms with Crippen molar-refractivity contribution in [3.8, 4) is 5.75 Å². The molecule has 27 heavy (non-hydrogen) atoms. The van der Waals surface area contributed by atoms with Crippen molar-refractivity contribution in [1.82, 2.24) is 14.9 Å². The second kappa shape index (κ2) is 6.68. The average molecular weight is 374 g/mol. The number of carboxylic acid groups (broad SMARTS) is 1. The minimum Gasteiger partial charge on any atom is -0.506 e. The molecule has 2 atom stereocenters. The van der Waals surface area contributed by atoms with Crippen molar-refractivity contribution in [3.05, 3.63) is 24.0 Å². The third-order valence-electron chi connectivity index (χ3n) is 4.50. The standard InChI is InChI=1S/C18H22N4O5/c1-17(2,3)27-18(7-8-22(16(25)26)13(9-18)19-10-23)15-20-11-5-4-6-12(24)14(11)21-15/h4-6,13,24H,7-9H2,1-3H3,(H,20,21)(H,25,26). The number of hydrogen-bond acceptors (Lipinski definition) is 6. The molecule has 1 aromatic carbocycles. The first-order valence-corrected chi connectivity index (χ1v) is 8.60. The minimum absolute atomic E-state index is 0.0337. The largest absolute Gasteiger partial charge is 0.506 e. The average Bonchev–Trinajstić information content (AvgIpc) is 3.00. The van der Waals surface area contributed by atoms with Gasteiger partial charge < -0.3 is 19.9 Å². The first-order chi connectivity index (χ1) is 12.6. The Bertz CT molecular complexity index is 912. The van der Waals surface area contributed by atoms with Gasteiger partial charge >= 0.3 is 6.09 Å². The number of fused-ring (bicyclic) bond motifs is 1. The SMILES string of the molecule is CC(C)(C)OC1(c2nc3c(O)cccc3[nH]2)CCN(C(=O)O)C(N=C=O)C1. The highest BCUT2D eigenvalue weighted by Gasteiger charge is 2.48. The van der Waals surface area contributed by atoms with Gasteiger partial charge in [0.1, 0.15) is 28.9 Å². The van der Waals surface area contributed by atoms with Crippen molar-refractivity contribution in [2.24, 2.45) is 4.99 Å². The number of isocyanates is 1. The summed E-state index contributed by atoms with van der Waals surface area (Å²) in [7, 11) is 0. The molecule has 0 aliphatic carbocycles. The summed E-state index contributed by atoms with van der Waals surface area (Å²) in [5.41, 5.74) is -0.527. The molecule has 2 aromatic rings. The molecule has 1 aliphatic heterocycles. The quantitative estimate of drug-likeness (QED) is 0.560. The number of carbonyl (C=O) groups excluding carboxylic acids is 1. The highest BCUT2D eigenvalue weighted by Crippen LogP contribution is 2.42. The Balaban J connectivity index is 2.10. The van der Waals surface area contributed by atoms with Gasteiger partial charge in [-0.15, -0.1) is 0 Å². The summed E-state index contributed by atoms with van der Waals surface area (Å²) in [6.45, 7) is 5.77. The van der Waals surface area contributed by atoms with Crippen LogP contribution in [-0.4, -0.2) is 55.6 Å². The summed E-state index contributed by atoms with van der Waals surface area (Å²) in [5, 5.41) is 19.5. The van der Waals surface area contributed by atoms with Crippen LogP contribution in [-0.2, 0) is 15.1 Å². The number of aromatic amines is 1. The van der Waals surface area contributed by atoms with Gasteiger partial charge in [-0.3, -0.25) is 4.90 Å². The van der Waals surface area contributed by atoms with Crippen molar-refractivity contribution < 1.29 is 24.5 Å². The van der Waals surface area contributed by atoms with Crippen LogP contribution in [0.25, 0.3) is 11.0 Å². The number of ether oxygens (including phenoxy) is 1. The number of para-hydroxylation sites is 1. The minimum atomic E-state index is -1.16. The fourth-order valence-corrected chi connectivity index (χ4v) is 3.53. The van der Waals surface area contributed by atoms with Crippen LogP contribution in [0.15, 0.2) is 23.2 Å². The van der Waals surface area contributed by atoms with Gasteiger partial charge in [0.15, 0.2) is 0 Å². The molecule has 1 aliphatic rings. The number of carbonyl (C=O) groups is 1. The Morgan fingerprint density at radius 1 is 1.48 bits per heavy atom. The number of phenols is 1. The number of nitrogens with zero attached hydrogens (tertiary/aromatic N) is 3. The fourth-order valence-electron chi connectivity index (χ4n) is 3.53. The van der Waals surface area contributed by atoms with Gasteiger partial charge in [0.05, 0.1) is 11.1 Å². The van der Waals surface area contributed by atoms with E-state index in [9.17, 15) is 19.8 Å². The van der Waals surface area contributed by atoms with Gasteiger partial charge in [0, 0.05) is 19.4 Å². The van der Waals surface area contributed by atoms with Crippen molar-refractivity contribution in [2.75, 3.05) is 6.54 Å². The van der Waals surface area contributed by atoms with E-state index in [0.29, 0.717) is 23.3 Å². The van der Waals surface area contributed by atoms with Gasteiger partial charge in [-0.25, -0.2) is 14.6 Å². The maximum atomic E-state index is 11.5. The number of likely N-dealkylation sites (tertiary alicyclic amines) is 1. The van der Waals surface area contributed by atoms with Crippen LogP contribution in [0, 0.1) is 0 Å². The Hall–Kier alpha value is -2.90. The molecular formula is C18H22N4O5. The third kappa shape index (κ3) is 3.65. The molecule has 2 heterocycles. The molecule has 0 bridgehead atoms. The smallest absolute Gasteiger partial charge is 0.409 e. The topological polar surface area (TPSA) is 128 Å². The number of rotatable bonds is 3. The van der Waals surface area contributed by atoms with E-state index in [1.54, 1.807) is 12.1 Å². The number of piperidine rings is 1. The molecule has 1 aromatic heterocycles. The number of aromatic nitrogens is 2. The molecular weight excluding hydrogens is 352 g/mol. The van der Waals surface area contributed by atoms with Gasteiger partial charge in [-0.05, 0) is 32.9 Å². The highest BCUT2D eigenvalue weighted by molar-refractivity contribution is 5.81. The zero-order chi connectivity index (χ0) is 19.8. The third-order valence-corrected chi connectivity index (χ3v) is 4.50. The van der Waals surface area contributed by atoms with E-state index in [1.165, 1.54) is 12.1 Å². The van der Waals surface area contributed by atoms with Crippen molar-refractivity contribution >= 4 is 23.2 Å². The number of benzene rings is 1. The molecule has 1 fully saturated rings. The Labute approximate surface area is 155 Å². The molecule has 0 spiro atoms. The summed E-state index contributed by atoms with van der Waals surface area (Å²) in [5.74, 6) is 0.497. The number of amides is 1. The number of H-pyrrole nitrogens is 1. The Morgan fingerprint density at radius 2 is 2.22 bits per heavy atom. The number of nitrogens with one attached hydrogen (secondary N) is 1. The molecule has 9 nitrogen and oxygen atoms in total. The fraction of sp³-hybridized carbons (Fsp3) is 0.500. The van der Waals surface area contributed by atoms with E-state index < -0.39 is 23.5 Å². The summed E-state index contributed by atoms with van der Waals surface area (Å²) < 4.78 is 6.34. The molecule has 1 amide bonds. The lowest BCUT2D eigenvalue weighted by atomic mass is 9.87. The van der Waals surface area contributed by atoms with Crippen molar-refractivity contribution in [1.29, 1.82) is 0 Å².